The van der Waals surface area contributed by atoms with Crippen molar-refractivity contribution in [3.8, 4) is 0 Å². The van der Waals surface area contributed by atoms with E-state index < -0.39 is 17.3 Å². The molecule has 1 unspecified atom stereocenters. The summed E-state index contributed by atoms with van der Waals surface area (Å²) in [5, 5.41) is 14.5. The standard InChI is InChI=1S/C15H20N2O4/c1-15(14(20)21,11-6-4-3-5-7-11)10-13(19)17-9-8-12(18)16-2/h3-7H,8-10H2,1-2H3,(H,16,18)(H,17,19)(H,20,21). The zero-order valence-electron chi connectivity index (χ0n) is 12.2. The van der Waals surface area contributed by atoms with E-state index in [1.165, 1.54) is 14.0 Å². The molecule has 0 aliphatic heterocycles. The van der Waals surface area contributed by atoms with Gasteiger partial charge in [-0.3, -0.25) is 14.4 Å². The Labute approximate surface area is 123 Å². The van der Waals surface area contributed by atoms with Crippen molar-refractivity contribution in [3.05, 3.63) is 35.9 Å². The van der Waals surface area contributed by atoms with Crippen LogP contribution in [0.3, 0.4) is 0 Å². The number of carbonyl (C=O) groups is 3. The molecule has 3 N–H and O–H groups in total. The number of rotatable bonds is 7. The van der Waals surface area contributed by atoms with E-state index in [1.807, 2.05) is 0 Å². The Morgan fingerprint density at radius 1 is 1.14 bits per heavy atom. The van der Waals surface area contributed by atoms with E-state index >= 15 is 0 Å². The van der Waals surface area contributed by atoms with E-state index in [9.17, 15) is 19.5 Å². The topological polar surface area (TPSA) is 95.5 Å². The molecular formula is C15H20N2O4. The lowest BCUT2D eigenvalue weighted by atomic mass is 9.79. The Kier molecular flexibility index (Phi) is 5.90. The molecule has 1 aromatic carbocycles. The van der Waals surface area contributed by atoms with Gasteiger partial charge < -0.3 is 15.7 Å². The lowest BCUT2D eigenvalue weighted by molar-refractivity contribution is -0.145. The molecule has 1 aromatic rings. The summed E-state index contributed by atoms with van der Waals surface area (Å²) in [6, 6.07) is 8.63. The summed E-state index contributed by atoms with van der Waals surface area (Å²) in [6.07, 6.45) is -0.0164. The molecule has 6 nitrogen and oxygen atoms in total. The second kappa shape index (κ2) is 7.42. The largest absolute Gasteiger partial charge is 0.481 e. The summed E-state index contributed by atoms with van der Waals surface area (Å²) in [5.41, 5.74) is -0.725. The van der Waals surface area contributed by atoms with Crippen LogP contribution in [0.15, 0.2) is 30.3 Å². The Bertz CT molecular complexity index is 516. The highest BCUT2D eigenvalue weighted by Crippen LogP contribution is 2.27. The number of carboxylic acids is 1. The molecule has 6 heteroatoms. The first-order chi connectivity index (χ1) is 9.90. The summed E-state index contributed by atoms with van der Waals surface area (Å²) in [5.74, 6) is -1.64. The molecule has 0 aliphatic carbocycles. The molecule has 0 aromatic heterocycles. The summed E-state index contributed by atoms with van der Waals surface area (Å²) < 4.78 is 0. The van der Waals surface area contributed by atoms with Gasteiger partial charge in [-0.15, -0.1) is 0 Å². The predicted octanol–water partition coefficient (Wildman–Crippen LogP) is 0.671. The quantitative estimate of drug-likeness (QED) is 0.688. The monoisotopic (exact) mass is 292 g/mol. The molecule has 114 valence electrons. The fraction of sp³-hybridized carbons (Fsp3) is 0.400. The summed E-state index contributed by atoms with van der Waals surface area (Å²) in [6.45, 7) is 1.70. The molecule has 0 bridgehead atoms. The van der Waals surface area contributed by atoms with Gasteiger partial charge in [0.1, 0.15) is 0 Å². The third-order valence-electron chi connectivity index (χ3n) is 3.35. The fourth-order valence-corrected chi connectivity index (χ4v) is 1.93. The number of amides is 2. The van der Waals surface area contributed by atoms with Gasteiger partial charge in [0.2, 0.25) is 11.8 Å². The first kappa shape index (κ1) is 16.7. The van der Waals surface area contributed by atoms with Gasteiger partial charge >= 0.3 is 5.97 Å². The molecule has 0 aliphatic rings. The van der Waals surface area contributed by atoms with Gasteiger partial charge in [-0.05, 0) is 12.5 Å². The van der Waals surface area contributed by atoms with Crippen LogP contribution >= 0.6 is 0 Å². The van der Waals surface area contributed by atoms with Crippen LogP contribution < -0.4 is 10.6 Å². The van der Waals surface area contributed by atoms with Crippen molar-refractivity contribution in [2.24, 2.45) is 0 Å². The number of hydrogen-bond acceptors (Lipinski definition) is 3. The average molecular weight is 292 g/mol. The van der Waals surface area contributed by atoms with Gasteiger partial charge in [-0.25, -0.2) is 0 Å². The van der Waals surface area contributed by atoms with Crippen molar-refractivity contribution < 1.29 is 19.5 Å². The van der Waals surface area contributed by atoms with Crippen molar-refractivity contribution in [2.75, 3.05) is 13.6 Å². The molecule has 0 saturated carbocycles. The molecule has 0 fully saturated rings. The van der Waals surface area contributed by atoms with Gasteiger partial charge in [0.15, 0.2) is 0 Å². The highest BCUT2D eigenvalue weighted by Gasteiger charge is 2.37. The lowest BCUT2D eigenvalue weighted by Crippen LogP contribution is -2.39. The van der Waals surface area contributed by atoms with Gasteiger partial charge in [0.05, 0.1) is 5.41 Å². The van der Waals surface area contributed by atoms with Gasteiger partial charge in [0, 0.05) is 26.4 Å². The van der Waals surface area contributed by atoms with Crippen LogP contribution in [0.5, 0.6) is 0 Å². The zero-order chi connectivity index (χ0) is 15.9. The Morgan fingerprint density at radius 3 is 2.29 bits per heavy atom. The van der Waals surface area contributed by atoms with Crippen LogP contribution in [0.25, 0.3) is 0 Å². The molecule has 0 saturated heterocycles. The van der Waals surface area contributed by atoms with Crippen molar-refractivity contribution in [3.63, 3.8) is 0 Å². The minimum Gasteiger partial charge on any atom is -0.481 e. The van der Waals surface area contributed by atoms with E-state index in [4.69, 9.17) is 0 Å². The third-order valence-corrected chi connectivity index (χ3v) is 3.35. The van der Waals surface area contributed by atoms with E-state index in [-0.39, 0.29) is 25.3 Å². The number of carbonyl (C=O) groups excluding carboxylic acids is 2. The lowest BCUT2D eigenvalue weighted by Gasteiger charge is -2.24. The molecule has 0 heterocycles. The van der Waals surface area contributed by atoms with Crippen molar-refractivity contribution in [2.45, 2.75) is 25.2 Å². The maximum absolute atomic E-state index is 11.9. The van der Waals surface area contributed by atoms with E-state index in [0.29, 0.717) is 5.56 Å². The molecule has 21 heavy (non-hydrogen) atoms. The number of nitrogens with one attached hydrogen (secondary N) is 2. The van der Waals surface area contributed by atoms with Crippen molar-refractivity contribution in [1.29, 1.82) is 0 Å². The maximum atomic E-state index is 11.9. The predicted molar refractivity (Wildman–Crippen MR) is 77.7 cm³/mol. The molecular weight excluding hydrogens is 272 g/mol. The minimum atomic E-state index is -1.29. The highest BCUT2D eigenvalue weighted by molar-refractivity contribution is 5.89. The van der Waals surface area contributed by atoms with Crippen LogP contribution in [-0.2, 0) is 19.8 Å². The molecule has 0 spiro atoms. The van der Waals surface area contributed by atoms with Gasteiger partial charge in [0.25, 0.3) is 0 Å². The van der Waals surface area contributed by atoms with Gasteiger partial charge in [-0.2, -0.15) is 0 Å². The fourth-order valence-electron chi connectivity index (χ4n) is 1.93. The highest BCUT2D eigenvalue weighted by atomic mass is 16.4. The van der Waals surface area contributed by atoms with Crippen LogP contribution in [0.1, 0.15) is 25.3 Å². The first-order valence-corrected chi connectivity index (χ1v) is 6.66. The number of benzene rings is 1. The van der Waals surface area contributed by atoms with Crippen LogP contribution in [0.2, 0.25) is 0 Å². The van der Waals surface area contributed by atoms with Crippen LogP contribution in [0.4, 0.5) is 0 Å². The Morgan fingerprint density at radius 2 is 1.76 bits per heavy atom. The van der Waals surface area contributed by atoms with E-state index in [0.717, 1.165) is 0 Å². The third kappa shape index (κ3) is 4.59. The van der Waals surface area contributed by atoms with Gasteiger partial charge in [-0.1, -0.05) is 30.3 Å². The summed E-state index contributed by atoms with van der Waals surface area (Å²) in [7, 11) is 1.51. The number of carboxylic acid groups (broad SMARTS) is 1. The minimum absolute atomic E-state index is 0.164. The second-order valence-electron chi connectivity index (χ2n) is 4.95. The second-order valence-corrected chi connectivity index (χ2v) is 4.95. The molecule has 1 atom stereocenters. The average Bonchev–Trinajstić information content (AvgIpc) is 2.47. The number of hydrogen-bond donors (Lipinski definition) is 3. The van der Waals surface area contributed by atoms with E-state index in [1.54, 1.807) is 30.3 Å². The van der Waals surface area contributed by atoms with Crippen LogP contribution in [-0.4, -0.2) is 36.5 Å². The van der Waals surface area contributed by atoms with E-state index in [2.05, 4.69) is 10.6 Å². The molecule has 0 radical (unpaired) electrons. The summed E-state index contributed by atoms with van der Waals surface area (Å²) in [4.78, 5) is 34.5. The van der Waals surface area contributed by atoms with Crippen LogP contribution in [0, 0.1) is 0 Å². The number of aliphatic carboxylic acids is 1. The summed E-state index contributed by atoms with van der Waals surface area (Å²) >= 11 is 0. The Balaban J connectivity index is 2.69. The van der Waals surface area contributed by atoms with Crippen molar-refractivity contribution in [1.82, 2.24) is 10.6 Å². The molecule has 1 rings (SSSR count). The Hall–Kier alpha value is -2.37. The normalized spacial score (nSPS) is 13.0. The SMILES string of the molecule is CNC(=O)CCNC(=O)CC(C)(C(=O)O)c1ccccc1. The van der Waals surface area contributed by atoms with Crippen molar-refractivity contribution >= 4 is 17.8 Å². The first-order valence-electron chi connectivity index (χ1n) is 6.66. The maximum Gasteiger partial charge on any atom is 0.314 e. The smallest absolute Gasteiger partial charge is 0.314 e. The molecule has 2 amide bonds. The zero-order valence-corrected chi connectivity index (χ0v) is 12.2.